The van der Waals surface area contributed by atoms with Gasteiger partial charge in [-0.1, -0.05) is 17.7 Å². The number of nitrogens with one attached hydrogen (secondary N) is 3. The average Bonchev–Trinajstić information content (AvgIpc) is 2.94. The van der Waals surface area contributed by atoms with Gasteiger partial charge in [0.25, 0.3) is 0 Å². The van der Waals surface area contributed by atoms with Crippen molar-refractivity contribution in [2.45, 2.75) is 6.42 Å². The molecule has 1 aromatic heterocycles. The molecule has 17 heavy (non-hydrogen) atoms. The van der Waals surface area contributed by atoms with E-state index in [0.717, 1.165) is 41.9 Å². The van der Waals surface area contributed by atoms with Crippen molar-refractivity contribution in [3.05, 3.63) is 29.3 Å². The Morgan fingerprint density at radius 3 is 3.12 bits per heavy atom. The predicted molar refractivity (Wildman–Crippen MR) is 72.8 cm³/mol. The number of hydrogen-bond donors (Lipinski definition) is 3. The highest BCUT2D eigenvalue weighted by molar-refractivity contribution is 6.31. The second kappa shape index (κ2) is 4.59. The summed E-state index contributed by atoms with van der Waals surface area (Å²) < 4.78 is 0. The molecule has 1 aliphatic heterocycles. The smallest absolute Gasteiger partial charge is 0.104 e. The number of rotatable bonds is 3. The van der Waals surface area contributed by atoms with Gasteiger partial charge in [-0.25, -0.2) is 0 Å². The molecule has 90 valence electrons. The first-order chi connectivity index (χ1) is 8.31. The van der Waals surface area contributed by atoms with E-state index in [1.807, 2.05) is 18.2 Å². The highest BCUT2D eigenvalue weighted by atomic mass is 35.5. The van der Waals surface area contributed by atoms with Crippen molar-refractivity contribution in [2.75, 3.05) is 25.0 Å². The van der Waals surface area contributed by atoms with E-state index in [2.05, 4.69) is 21.7 Å². The molecule has 1 aromatic carbocycles. The molecular weight excluding hydrogens is 234 g/mol. The highest BCUT2D eigenvalue weighted by Gasteiger charge is 2.14. The third kappa shape index (κ3) is 2.40. The van der Waals surface area contributed by atoms with Gasteiger partial charge in [-0.3, -0.25) is 0 Å². The Balaban J connectivity index is 1.72. The average molecular weight is 250 g/mol. The molecule has 0 unspecified atom stereocenters. The number of hydrogen-bond acceptors (Lipinski definition) is 2. The van der Waals surface area contributed by atoms with Crippen LogP contribution in [0.1, 0.15) is 6.42 Å². The molecule has 0 bridgehead atoms. The predicted octanol–water partition coefficient (Wildman–Crippen LogP) is 2.84. The summed E-state index contributed by atoms with van der Waals surface area (Å²) in [6, 6.07) is 8.05. The zero-order chi connectivity index (χ0) is 11.7. The highest BCUT2D eigenvalue weighted by Crippen LogP contribution is 2.22. The molecule has 1 atom stereocenters. The lowest BCUT2D eigenvalue weighted by Gasteiger charge is -2.09. The van der Waals surface area contributed by atoms with E-state index in [1.165, 1.54) is 11.8 Å². The molecular formula is C13H16ClN3. The molecule has 3 rings (SSSR count). The Morgan fingerprint density at radius 2 is 2.29 bits per heavy atom. The zero-order valence-electron chi connectivity index (χ0n) is 9.59. The van der Waals surface area contributed by atoms with Gasteiger partial charge in [0.15, 0.2) is 0 Å². The minimum Gasteiger partial charge on any atom is -0.371 e. The minimum atomic E-state index is 0.741. The maximum atomic E-state index is 5.96. The van der Waals surface area contributed by atoms with Crippen LogP contribution in [0.5, 0.6) is 0 Å². The molecule has 0 saturated carbocycles. The molecule has 1 fully saturated rings. The van der Waals surface area contributed by atoms with E-state index >= 15 is 0 Å². The number of fused-ring (bicyclic) bond motifs is 1. The van der Waals surface area contributed by atoms with E-state index in [9.17, 15) is 0 Å². The second-order valence-corrected chi connectivity index (χ2v) is 5.09. The number of H-pyrrole nitrogens is 1. The van der Waals surface area contributed by atoms with Crippen LogP contribution in [0.3, 0.4) is 0 Å². The van der Waals surface area contributed by atoms with Gasteiger partial charge in [0.2, 0.25) is 0 Å². The van der Waals surface area contributed by atoms with Crippen LogP contribution in [0.4, 0.5) is 5.82 Å². The van der Waals surface area contributed by atoms with E-state index < -0.39 is 0 Å². The van der Waals surface area contributed by atoms with Crippen molar-refractivity contribution in [3.8, 4) is 0 Å². The van der Waals surface area contributed by atoms with Crippen LogP contribution < -0.4 is 10.6 Å². The summed E-state index contributed by atoms with van der Waals surface area (Å²) >= 11 is 5.96. The maximum absolute atomic E-state index is 5.96. The van der Waals surface area contributed by atoms with Gasteiger partial charge in [0.1, 0.15) is 5.82 Å². The Bertz CT molecular complexity index is 514. The van der Waals surface area contributed by atoms with Gasteiger partial charge in [-0.15, -0.1) is 0 Å². The molecule has 0 amide bonds. The number of anilines is 1. The van der Waals surface area contributed by atoms with E-state index in [4.69, 9.17) is 11.6 Å². The number of halogens is 1. The maximum Gasteiger partial charge on any atom is 0.104 e. The monoisotopic (exact) mass is 249 g/mol. The first kappa shape index (κ1) is 10.9. The number of aromatic amines is 1. The first-order valence-electron chi connectivity index (χ1n) is 6.04. The van der Waals surface area contributed by atoms with Gasteiger partial charge in [0, 0.05) is 22.5 Å². The molecule has 3 N–H and O–H groups in total. The minimum absolute atomic E-state index is 0.741. The molecule has 0 radical (unpaired) electrons. The van der Waals surface area contributed by atoms with Gasteiger partial charge >= 0.3 is 0 Å². The van der Waals surface area contributed by atoms with Crippen LogP contribution in [0.15, 0.2) is 24.3 Å². The normalized spacial score (nSPS) is 19.9. The van der Waals surface area contributed by atoms with Gasteiger partial charge in [0.05, 0.1) is 0 Å². The molecule has 2 aromatic rings. The summed E-state index contributed by atoms with van der Waals surface area (Å²) in [6.45, 7) is 3.29. The summed E-state index contributed by atoms with van der Waals surface area (Å²) in [7, 11) is 0. The van der Waals surface area contributed by atoms with Crippen LogP contribution in [-0.2, 0) is 0 Å². The van der Waals surface area contributed by atoms with Crippen molar-refractivity contribution in [1.29, 1.82) is 0 Å². The third-order valence-electron chi connectivity index (χ3n) is 3.33. The van der Waals surface area contributed by atoms with Crippen molar-refractivity contribution in [1.82, 2.24) is 10.3 Å². The Hall–Kier alpha value is -1.19. The Kier molecular flexibility index (Phi) is 2.95. The topological polar surface area (TPSA) is 39.8 Å². The third-order valence-corrected chi connectivity index (χ3v) is 3.56. The van der Waals surface area contributed by atoms with Gasteiger partial charge in [-0.05, 0) is 43.6 Å². The lowest BCUT2D eigenvalue weighted by atomic mass is 10.1. The van der Waals surface area contributed by atoms with Crippen molar-refractivity contribution < 1.29 is 0 Å². The van der Waals surface area contributed by atoms with Crippen LogP contribution >= 0.6 is 11.6 Å². The molecule has 1 saturated heterocycles. The standard InChI is InChI=1S/C13H16ClN3/c14-11-2-1-10-5-13(17-12(10)6-11)16-8-9-3-4-15-7-9/h1-2,5-6,9,15-17H,3-4,7-8H2/t9-/m1/s1. The Labute approximate surface area is 106 Å². The fraction of sp³-hybridized carbons (Fsp3) is 0.385. The Morgan fingerprint density at radius 1 is 1.35 bits per heavy atom. The summed E-state index contributed by atoms with van der Waals surface area (Å²) in [6.07, 6.45) is 1.26. The van der Waals surface area contributed by atoms with Crippen LogP contribution in [0.25, 0.3) is 10.9 Å². The lowest BCUT2D eigenvalue weighted by molar-refractivity contribution is 0.614. The summed E-state index contributed by atoms with van der Waals surface area (Å²) in [4.78, 5) is 3.34. The zero-order valence-corrected chi connectivity index (χ0v) is 10.3. The van der Waals surface area contributed by atoms with Crippen molar-refractivity contribution in [3.63, 3.8) is 0 Å². The molecule has 3 nitrogen and oxygen atoms in total. The van der Waals surface area contributed by atoms with E-state index in [-0.39, 0.29) is 0 Å². The van der Waals surface area contributed by atoms with Gasteiger partial charge in [-0.2, -0.15) is 0 Å². The molecule has 1 aliphatic rings. The number of aromatic nitrogens is 1. The first-order valence-corrected chi connectivity index (χ1v) is 6.42. The molecule has 0 spiro atoms. The number of benzene rings is 1. The summed E-state index contributed by atoms with van der Waals surface area (Å²) in [5.74, 6) is 1.82. The molecule has 0 aliphatic carbocycles. The van der Waals surface area contributed by atoms with Crippen LogP contribution in [0.2, 0.25) is 5.02 Å². The summed E-state index contributed by atoms with van der Waals surface area (Å²) in [5, 5.41) is 8.80. The van der Waals surface area contributed by atoms with Gasteiger partial charge < -0.3 is 15.6 Å². The van der Waals surface area contributed by atoms with Crippen molar-refractivity contribution >= 4 is 28.3 Å². The fourth-order valence-electron chi connectivity index (χ4n) is 2.34. The molecule has 4 heteroatoms. The fourth-order valence-corrected chi connectivity index (χ4v) is 2.51. The lowest BCUT2D eigenvalue weighted by Crippen LogP contribution is -2.17. The van der Waals surface area contributed by atoms with Crippen LogP contribution in [0, 0.1) is 5.92 Å². The second-order valence-electron chi connectivity index (χ2n) is 4.65. The van der Waals surface area contributed by atoms with Crippen LogP contribution in [-0.4, -0.2) is 24.6 Å². The largest absolute Gasteiger partial charge is 0.371 e. The SMILES string of the molecule is Clc1ccc2cc(NC[C@@H]3CCNC3)[nH]c2c1. The van der Waals surface area contributed by atoms with E-state index in [0.29, 0.717) is 0 Å². The summed E-state index contributed by atoms with van der Waals surface area (Å²) in [5.41, 5.74) is 1.09. The van der Waals surface area contributed by atoms with Crippen molar-refractivity contribution in [2.24, 2.45) is 5.92 Å². The van der Waals surface area contributed by atoms with E-state index in [1.54, 1.807) is 0 Å². The quantitative estimate of drug-likeness (QED) is 0.783. The molecule has 2 heterocycles.